The Morgan fingerprint density at radius 1 is 1.40 bits per heavy atom. The molecule has 0 aromatic carbocycles. The molecule has 0 saturated carbocycles. The van der Waals surface area contributed by atoms with Crippen LogP contribution in [0.3, 0.4) is 0 Å². The van der Waals surface area contributed by atoms with Crippen LogP contribution in [0, 0.1) is 0 Å². The van der Waals surface area contributed by atoms with E-state index in [1.54, 1.807) is 13.1 Å². The van der Waals surface area contributed by atoms with Gasteiger partial charge in [0.1, 0.15) is 0 Å². The highest BCUT2D eigenvalue weighted by molar-refractivity contribution is 5.88. The van der Waals surface area contributed by atoms with Gasteiger partial charge in [-0.1, -0.05) is 6.92 Å². The van der Waals surface area contributed by atoms with Gasteiger partial charge in [-0.05, 0) is 19.4 Å². The molecule has 0 bridgehead atoms. The van der Waals surface area contributed by atoms with E-state index in [1.165, 1.54) is 16.7 Å². The lowest BCUT2D eigenvalue weighted by Crippen LogP contribution is -2.20. The SMILES string of the molecule is CCCn1cc(C(=O)OCC)ccc1=O. The minimum Gasteiger partial charge on any atom is -0.462 e. The van der Waals surface area contributed by atoms with E-state index >= 15 is 0 Å². The molecule has 0 radical (unpaired) electrons. The maximum absolute atomic E-state index is 11.4. The molecule has 1 heterocycles. The fraction of sp³-hybridized carbons (Fsp3) is 0.455. The van der Waals surface area contributed by atoms with Crippen LogP contribution >= 0.6 is 0 Å². The average molecular weight is 209 g/mol. The van der Waals surface area contributed by atoms with Gasteiger partial charge in [0.2, 0.25) is 0 Å². The summed E-state index contributed by atoms with van der Waals surface area (Å²) in [6.07, 6.45) is 2.40. The van der Waals surface area contributed by atoms with Crippen LogP contribution in [0.4, 0.5) is 0 Å². The third kappa shape index (κ3) is 2.94. The summed E-state index contributed by atoms with van der Waals surface area (Å²) < 4.78 is 6.37. The van der Waals surface area contributed by atoms with Crippen LogP contribution in [-0.4, -0.2) is 17.1 Å². The predicted molar refractivity (Wildman–Crippen MR) is 56.9 cm³/mol. The molecule has 0 atom stereocenters. The smallest absolute Gasteiger partial charge is 0.339 e. The van der Waals surface area contributed by atoms with E-state index in [1.807, 2.05) is 6.92 Å². The minimum atomic E-state index is -0.387. The quantitative estimate of drug-likeness (QED) is 0.705. The predicted octanol–water partition coefficient (Wildman–Crippen LogP) is 1.43. The summed E-state index contributed by atoms with van der Waals surface area (Å²) in [4.78, 5) is 22.7. The molecule has 1 aromatic rings. The number of carbonyl (C=O) groups is 1. The van der Waals surface area contributed by atoms with E-state index in [9.17, 15) is 9.59 Å². The van der Waals surface area contributed by atoms with Crippen LogP contribution in [0.1, 0.15) is 30.6 Å². The summed E-state index contributed by atoms with van der Waals surface area (Å²) >= 11 is 0. The van der Waals surface area contributed by atoms with Crippen LogP contribution in [0.5, 0.6) is 0 Å². The molecule has 0 saturated heterocycles. The summed E-state index contributed by atoms with van der Waals surface area (Å²) in [6.45, 7) is 4.68. The number of rotatable bonds is 4. The largest absolute Gasteiger partial charge is 0.462 e. The lowest BCUT2D eigenvalue weighted by molar-refractivity contribution is 0.0525. The molecular formula is C11H15NO3. The molecule has 0 unspecified atom stereocenters. The van der Waals surface area contributed by atoms with E-state index in [-0.39, 0.29) is 11.5 Å². The fourth-order valence-electron chi connectivity index (χ4n) is 1.28. The zero-order chi connectivity index (χ0) is 11.3. The minimum absolute atomic E-state index is 0.0927. The van der Waals surface area contributed by atoms with Gasteiger partial charge < -0.3 is 9.30 Å². The average Bonchev–Trinajstić information content (AvgIpc) is 2.22. The number of hydrogen-bond donors (Lipinski definition) is 0. The van der Waals surface area contributed by atoms with Gasteiger partial charge >= 0.3 is 5.97 Å². The standard InChI is InChI=1S/C11H15NO3/c1-3-7-12-8-9(5-6-10(12)13)11(14)15-4-2/h5-6,8H,3-4,7H2,1-2H3. The van der Waals surface area contributed by atoms with Gasteiger partial charge in [-0.25, -0.2) is 4.79 Å². The van der Waals surface area contributed by atoms with Crippen molar-refractivity contribution in [3.8, 4) is 0 Å². The zero-order valence-corrected chi connectivity index (χ0v) is 9.03. The van der Waals surface area contributed by atoms with Crippen molar-refractivity contribution in [1.29, 1.82) is 0 Å². The van der Waals surface area contributed by atoms with Crippen molar-refractivity contribution in [3.05, 3.63) is 34.2 Å². The maximum atomic E-state index is 11.4. The Bertz CT molecular complexity index is 395. The molecule has 4 heteroatoms. The first-order chi connectivity index (χ1) is 7.19. The first kappa shape index (κ1) is 11.5. The molecule has 0 N–H and O–H groups in total. The highest BCUT2D eigenvalue weighted by Gasteiger charge is 2.07. The number of hydrogen-bond acceptors (Lipinski definition) is 3. The monoisotopic (exact) mass is 209 g/mol. The highest BCUT2D eigenvalue weighted by atomic mass is 16.5. The van der Waals surface area contributed by atoms with Crippen LogP contribution in [0.25, 0.3) is 0 Å². The molecule has 1 aromatic heterocycles. The Labute approximate surface area is 88.5 Å². The third-order valence-electron chi connectivity index (χ3n) is 1.96. The van der Waals surface area contributed by atoms with Crippen molar-refractivity contribution >= 4 is 5.97 Å². The number of pyridine rings is 1. The second-order valence-electron chi connectivity index (χ2n) is 3.17. The molecule has 4 nitrogen and oxygen atoms in total. The van der Waals surface area contributed by atoms with Gasteiger partial charge in [0.15, 0.2) is 0 Å². The first-order valence-electron chi connectivity index (χ1n) is 5.06. The number of carbonyl (C=O) groups excluding carboxylic acids is 1. The molecule has 0 amide bonds. The molecule has 0 spiro atoms. The lowest BCUT2D eigenvalue weighted by atomic mass is 10.3. The van der Waals surface area contributed by atoms with Crippen molar-refractivity contribution in [2.24, 2.45) is 0 Å². The van der Waals surface area contributed by atoms with Gasteiger partial charge in [0, 0.05) is 18.8 Å². The Kier molecular flexibility index (Phi) is 4.09. The topological polar surface area (TPSA) is 48.3 Å². The number of aryl methyl sites for hydroxylation is 1. The Morgan fingerprint density at radius 2 is 2.13 bits per heavy atom. The van der Waals surface area contributed by atoms with Gasteiger partial charge in [0.05, 0.1) is 12.2 Å². The van der Waals surface area contributed by atoms with E-state index in [0.29, 0.717) is 18.7 Å². The van der Waals surface area contributed by atoms with Gasteiger partial charge in [-0.15, -0.1) is 0 Å². The normalized spacial score (nSPS) is 10.0. The second kappa shape index (κ2) is 5.34. The van der Waals surface area contributed by atoms with Crippen molar-refractivity contribution in [2.45, 2.75) is 26.8 Å². The van der Waals surface area contributed by atoms with Gasteiger partial charge in [0.25, 0.3) is 5.56 Å². The fourth-order valence-corrected chi connectivity index (χ4v) is 1.28. The zero-order valence-electron chi connectivity index (χ0n) is 9.03. The van der Waals surface area contributed by atoms with Crippen LogP contribution in [0.2, 0.25) is 0 Å². The third-order valence-corrected chi connectivity index (χ3v) is 1.96. The second-order valence-corrected chi connectivity index (χ2v) is 3.17. The molecule has 0 fully saturated rings. The van der Waals surface area contributed by atoms with Crippen LogP contribution < -0.4 is 5.56 Å². The number of aromatic nitrogens is 1. The Hall–Kier alpha value is -1.58. The molecule has 82 valence electrons. The lowest BCUT2D eigenvalue weighted by Gasteiger charge is -2.06. The van der Waals surface area contributed by atoms with Crippen LogP contribution in [-0.2, 0) is 11.3 Å². The van der Waals surface area contributed by atoms with Crippen LogP contribution in [0.15, 0.2) is 23.1 Å². The number of ether oxygens (including phenoxy) is 1. The summed E-state index contributed by atoms with van der Waals surface area (Å²) in [5.41, 5.74) is 0.329. The van der Waals surface area contributed by atoms with E-state index < -0.39 is 0 Å². The van der Waals surface area contributed by atoms with E-state index in [2.05, 4.69) is 0 Å². The Morgan fingerprint density at radius 3 is 2.73 bits per heavy atom. The molecular weight excluding hydrogens is 194 g/mol. The van der Waals surface area contributed by atoms with Crippen molar-refractivity contribution < 1.29 is 9.53 Å². The summed E-state index contributed by atoms with van der Waals surface area (Å²) in [5, 5.41) is 0. The van der Waals surface area contributed by atoms with Crippen molar-refractivity contribution in [2.75, 3.05) is 6.61 Å². The van der Waals surface area contributed by atoms with Crippen molar-refractivity contribution in [1.82, 2.24) is 4.57 Å². The number of esters is 1. The molecule has 0 aliphatic rings. The summed E-state index contributed by atoms with van der Waals surface area (Å²) in [7, 11) is 0. The molecule has 0 aliphatic heterocycles. The molecule has 1 rings (SSSR count). The number of nitrogens with zero attached hydrogens (tertiary/aromatic N) is 1. The van der Waals surface area contributed by atoms with E-state index in [4.69, 9.17) is 4.74 Å². The molecule has 0 aliphatic carbocycles. The molecule has 15 heavy (non-hydrogen) atoms. The van der Waals surface area contributed by atoms with Gasteiger partial charge in [-0.3, -0.25) is 4.79 Å². The summed E-state index contributed by atoms with van der Waals surface area (Å²) in [6, 6.07) is 2.88. The first-order valence-corrected chi connectivity index (χ1v) is 5.06. The van der Waals surface area contributed by atoms with E-state index in [0.717, 1.165) is 6.42 Å². The summed E-state index contributed by atoms with van der Waals surface area (Å²) in [5.74, 6) is -0.387. The van der Waals surface area contributed by atoms with Gasteiger partial charge in [-0.2, -0.15) is 0 Å². The maximum Gasteiger partial charge on any atom is 0.339 e. The highest BCUT2D eigenvalue weighted by Crippen LogP contribution is 1.99. The van der Waals surface area contributed by atoms with Crippen molar-refractivity contribution in [3.63, 3.8) is 0 Å². The Balaban J connectivity index is 2.96.